The van der Waals surface area contributed by atoms with Crippen LogP contribution in [0.5, 0.6) is 0 Å². The number of rotatable bonds is 0. The van der Waals surface area contributed by atoms with Gasteiger partial charge in [-0.2, -0.15) is 0 Å². The van der Waals surface area contributed by atoms with Crippen molar-refractivity contribution in [2.75, 3.05) is 33.2 Å². The summed E-state index contributed by atoms with van der Waals surface area (Å²) in [5.41, 5.74) is 0.500. The zero-order chi connectivity index (χ0) is 10.1. The molecule has 1 spiro atoms. The number of hydrogen-bond donors (Lipinski definition) is 0. The van der Waals surface area contributed by atoms with Crippen LogP contribution in [0.1, 0.15) is 20.8 Å². The molecule has 2 heterocycles. The van der Waals surface area contributed by atoms with E-state index in [0.717, 1.165) is 13.1 Å². The molecule has 0 aromatic rings. The monoisotopic (exact) mass is 184 g/mol. The number of hydrogen-bond acceptors (Lipinski definition) is 2. The number of carbonyl (C=O) groups is 1. The standard InChI is InChI=1S/C8H14N2O.C2H6/c1-7(11)10-5-8(6-10)3-9(2)4-8;1-2/h3-6H2,1-2H3;1-2H3. The molecule has 0 aromatic carbocycles. The topological polar surface area (TPSA) is 23.6 Å². The van der Waals surface area contributed by atoms with Gasteiger partial charge in [-0.15, -0.1) is 0 Å². The van der Waals surface area contributed by atoms with Gasteiger partial charge in [0.1, 0.15) is 0 Å². The maximum atomic E-state index is 10.8. The number of likely N-dealkylation sites (tertiary alicyclic amines) is 2. The molecule has 0 aliphatic carbocycles. The second kappa shape index (κ2) is 3.66. The average molecular weight is 184 g/mol. The fourth-order valence-corrected chi connectivity index (χ4v) is 2.28. The number of amides is 1. The lowest BCUT2D eigenvalue weighted by Crippen LogP contribution is -2.71. The lowest BCUT2D eigenvalue weighted by molar-refractivity contribution is -0.154. The van der Waals surface area contributed by atoms with Crippen molar-refractivity contribution in [3.63, 3.8) is 0 Å². The smallest absolute Gasteiger partial charge is 0.219 e. The van der Waals surface area contributed by atoms with Gasteiger partial charge in [0.25, 0.3) is 0 Å². The summed E-state index contributed by atoms with van der Waals surface area (Å²) in [6.45, 7) is 9.99. The maximum Gasteiger partial charge on any atom is 0.219 e. The Hall–Kier alpha value is -0.570. The first kappa shape index (κ1) is 10.5. The molecular formula is C10H20N2O. The van der Waals surface area contributed by atoms with Gasteiger partial charge in [0.2, 0.25) is 5.91 Å². The minimum absolute atomic E-state index is 0.227. The van der Waals surface area contributed by atoms with Crippen LogP contribution in [-0.2, 0) is 4.79 Å². The summed E-state index contributed by atoms with van der Waals surface area (Å²) in [5.74, 6) is 0.227. The van der Waals surface area contributed by atoms with E-state index in [2.05, 4.69) is 11.9 Å². The van der Waals surface area contributed by atoms with Crippen molar-refractivity contribution >= 4 is 5.91 Å². The average Bonchev–Trinajstić information content (AvgIpc) is 1.97. The second-order valence-electron chi connectivity index (χ2n) is 4.05. The van der Waals surface area contributed by atoms with Crippen LogP contribution in [-0.4, -0.2) is 48.9 Å². The van der Waals surface area contributed by atoms with Crippen molar-refractivity contribution in [1.29, 1.82) is 0 Å². The van der Waals surface area contributed by atoms with Crippen LogP contribution in [0.25, 0.3) is 0 Å². The van der Waals surface area contributed by atoms with E-state index in [1.165, 1.54) is 13.1 Å². The van der Waals surface area contributed by atoms with Crippen molar-refractivity contribution in [2.45, 2.75) is 20.8 Å². The van der Waals surface area contributed by atoms with E-state index in [-0.39, 0.29) is 5.91 Å². The summed E-state index contributed by atoms with van der Waals surface area (Å²) in [4.78, 5) is 15.1. The largest absolute Gasteiger partial charge is 0.341 e. The van der Waals surface area contributed by atoms with Gasteiger partial charge >= 0.3 is 0 Å². The highest BCUT2D eigenvalue weighted by atomic mass is 16.2. The molecule has 0 bridgehead atoms. The van der Waals surface area contributed by atoms with Crippen LogP contribution in [0.4, 0.5) is 0 Å². The lowest BCUT2D eigenvalue weighted by atomic mass is 9.73. The molecule has 13 heavy (non-hydrogen) atoms. The second-order valence-corrected chi connectivity index (χ2v) is 4.05. The fourth-order valence-electron chi connectivity index (χ4n) is 2.28. The van der Waals surface area contributed by atoms with E-state index >= 15 is 0 Å². The summed E-state index contributed by atoms with van der Waals surface area (Å²) in [6, 6.07) is 0. The van der Waals surface area contributed by atoms with E-state index in [9.17, 15) is 4.79 Å². The lowest BCUT2D eigenvalue weighted by Gasteiger charge is -2.59. The first-order valence-corrected chi connectivity index (χ1v) is 5.05. The summed E-state index contributed by atoms with van der Waals surface area (Å²) in [5, 5.41) is 0. The van der Waals surface area contributed by atoms with E-state index in [4.69, 9.17) is 0 Å². The molecule has 2 fully saturated rings. The van der Waals surface area contributed by atoms with Crippen molar-refractivity contribution in [3.05, 3.63) is 0 Å². The van der Waals surface area contributed by atoms with Crippen LogP contribution >= 0.6 is 0 Å². The van der Waals surface area contributed by atoms with Gasteiger partial charge in [0.15, 0.2) is 0 Å². The summed E-state index contributed by atoms with van der Waals surface area (Å²) < 4.78 is 0. The highest BCUT2D eigenvalue weighted by molar-refractivity contribution is 5.74. The Labute approximate surface area is 80.7 Å². The molecule has 2 aliphatic heterocycles. The van der Waals surface area contributed by atoms with Gasteiger partial charge in [-0.3, -0.25) is 4.79 Å². The molecule has 2 saturated heterocycles. The molecular weight excluding hydrogens is 164 g/mol. The third-order valence-electron chi connectivity index (χ3n) is 2.71. The Morgan fingerprint density at radius 2 is 1.62 bits per heavy atom. The van der Waals surface area contributed by atoms with E-state index in [0.29, 0.717) is 5.41 Å². The quantitative estimate of drug-likeness (QED) is 0.556. The van der Waals surface area contributed by atoms with E-state index in [1.54, 1.807) is 6.92 Å². The molecule has 2 aliphatic rings. The maximum absolute atomic E-state index is 10.8. The van der Waals surface area contributed by atoms with Crippen LogP contribution in [0.2, 0.25) is 0 Å². The van der Waals surface area contributed by atoms with E-state index < -0.39 is 0 Å². The molecule has 3 heteroatoms. The molecule has 0 atom stereocenters. The molecule has 0 aromatic heterocycles. The van der Waals surface area contributed by atoms with Gasteiger partial charge in [-0.25, -0.2) is 0 Å². The number of carbonyl (C=O) groups excluding carboxylic acids is 1. The highest BCUT2D eigenvalue weighted by Gasteiger charge is 2.50. The Morgan fingerprint density at radius 3 is 1.92 bits per heavy atom. The highest BCUT2D eigenvalue weighted by Crippen LogP contribution is 2.38. The minimum atomic E-state index is 0.227. The van der Waals surface area contributed by atoms with Crippen molar-refractivity contribution in [2.24, 2.45) is 5.41 Å². The van der Waals surface area contributed by atoms with Crippen molar-refractivity contribution in [3.8, 4) is 0 Å². The molecule has 0 radical (unpaired) electrons. The number of nitrogens with zero attached hydrogens (tertiary/aromatic N) is 2. The molecule has 76 valence electrons. The molecule has 0 unspecified atom stereocenters. The Kier molecular flexibility index (Phi) is 2.96. The summed E-state index contributed by atoms with van der Waals surface area (Å²) in [7, 11) is 2.13. The molecule has 3 nitrogen and oxygen atoms in total. The van der Waals surface area contributed by atoms with Gasteiger partial charge < -0.3 is 9.80 Å². The van der Waals surface area contributed by atoms with E-state index in [1.807, 2.05) is 18.7 Å². The van der Waals surface area contributed by atoms with Gasteiger partial charge in [-0.1, -0.05) is 13.8 Å². The Balaban J connectivity index is 0.000000396. The first-order chi connectivity index (χ1) is 6.11. The first-order valence-electron chi connectivity index (χ1n) is 5.05. The molecule has 0 N–H and O–H groups in total. The van der Waals surface area contributed by atoms with Crippen LogP contribution < -0.4 is 0 Å². The predicted molar refractivity (Wildman–Crippen MR) is 53.5 cm³/mol. The Morgan fingerprint density at radius 1 is 1.15 bits per heavy atom. The Bertz CT molecular complexity index is 189. The minimum Gasteiger partial charge on any atom is -0.341 e. The molecule has 1 amide bonds. The zero-order valence-corrected chi connectivity index (χ0v) is 9.13. The molecule has 0 saturated carbocycles. The van der Waals surface area contributed by atoms with Crippen LogP contribution in [0.15, 0.2) is 0 Å². The summed E-state index contributed by atoms with van der Waals surface area (Å²) >= 11 is 0. The van der Waals surface area contributed by atoms with Crippen molar-refractivity contribution < 1.29 is 4.79 Å². The summed E-state index contributed by atoms with van der Waals surface area (Å²) in [6.07, 6.45) is 0. The third kappa shape index (κ3) is 1.85. The van der Waals surface area contributed by atoms with Gasteiger partial charge in [-0.05, 0) is 7.05 Å². The fraction of sp³-hybridized carbons (Fsp3) is 0.900. The van der Waals surface area contributed by atoms with Crippen LogP contribution in [0.3, 0.4) is 0 Å². The predicted octanol–water partition coefficient (Wildman–Crippen LogP) is 0.806. The van der Waals surface area contributed by atoms with Gasteiger partial charge in [0, 0.05) is 38.5 Å². The SMILES string of the molecule is CC.CC(=O)N1CC2(CN(C)C2)C1. The third-order valence-corrected chi connectivity index (χ3v) is 2.71. The zero-order valence-electron chi connectivity index (χ0n) is 9.13. The van der Waals surface area contributed by atoms with Crippen molar-refractivity contribution in [1.82, 2.24) is 9.80 Å². The van der Waals surface area contributed by atoms with Crippen LogP contribution in [0, 0.1) is 5.41 Å². The normalized spacial score (nSPS) is 24.2. The van der Waals surface area contributed by atoms with Gasteiger partial charge in [0.05, 0.1) is 0 Å². The molecule has 2 rings (SSSR count).